The van der Waals surface area contributed by atoms with E-state index in [1.807, 2.05) is 0 Å². The molecule has 0 aliphatic heterocycles. The topological polar surface area (TPSA) is 86.2 Å². The van der Waals surface area contributed by atoms with Gasteiger partial charge in [0.2, 0.25) is 5.78 Å². The highest BCUT2D eigenvalue weighted by Gasteiger charge is 2.10. The lowest BCUT2D eigenvalue weighted by atomic mass is 10.2. The van der Waals surface area contributed by atoms with Crippen LogP contribution in [0.4, 0.5) is 5.88 Å². The lowest BCUT2D eigenvalue weighted by Crippen LogP contribution is -1.96. The molecule has 0 saturated carbocycles. The largest absolute Gasteiger partial charge is 0.433 e. The number of furan rings is 1. The fourth-order valence-corrected chi connectivity index (χ4v) is 1.28. The van der Waals surface area contributed by atoms with E-state index in [9.17, 15) is 14.9 Å². The number of hydrogen-bond donors (Lipinski definition) is 0. The number of hydrogen-bond acceptors (Lipinski definition) is 5. The van der Waals surface area contributed by atoms with Crippen LogP contribution in [0.25, 0.3) is 6.08 Å². The van der Waals surface area contributed by atoms with Crippen LogP contribution >= 0.6 is 0 Å². The molecule has 18 heavy (non-hydrogen) atoms. The van der Waals surface area contributed by atoms with E-state index in [2.05, 4.69) is 4.98 Å². The first-order valence-electron chi connectivity index (χ1n) is 5.04. The predicted octanol–water partition coefficient (Wildman–Crippen LogP) is 2.48. The molecule has 0 aromatic carbocycles. The van der Waals surface area contributed by atoms with Crippen LogP contribution in [0, 0.1) is 10.1 Å². The van der Waals surface area contributed by atoms with E-state index in [0.717, 1.165) is 0 Å². The number of allylic oxidation sites excluding steroid dienone is 1. The fourth-order valence-electron chi connectivity index (χ4n) is 1.28. The molecule has 0 fully saturated rings. The average molecular weight is 244 g/mol. The molecule has 0 spiro atoms. The van der Waals surface area contributed by atoms with Crippen LogP contribution in [-0.4, -0.2) is 15.7 Å². The molecule has 2 heterocycles. The van der Waals surface area contributed by atoms with E-state index >= 15 is 0 Å². The number of nitrogens with zero attached hydrogens (tertiary/aromatic N) is 2. The van der Waals surface area contributed by atoms with Gasteiger partial charge >= 0.3 is 5.88 Å². The molecule has 2 aromatic rings. The Morgan fingerprint density at radius 2 is 2.17 bits per heavy atom. The third-order valence-electron chi connectivity index (χ3n) is 2.11. The van der Waals surface area contributed by atoms with Gasteiger partial charge in [0, 0.05) is 6.20 Å². The van der Waals surface area contributed by atoms with Gasteiger partial charge in [-0.25, -0.2) is 0 Å². The Bertz CT molecular complexity index is 602. The van der Waals surface area contributed by atoms with Crippen molar-refractivity contribution in [1.29, 1.82) is 0 Å². The standard InChI is InChI=1S/C12H8N2O4/c15-11(10-3-1-2-8-13-10)6-4-9-5-7-12(18-9)14(16)17/h1-8H/b6-4+. The van der Waals surface area contributed by atoms with E-state index < -0.39 is 4.92 Å². The minimum Gasteiger partial charge on any atom is -0.401 e. The molecule has 0 aliphatic carbocycles. The van der Waals surface area contributed by atoms with E-state index in [1.165, 1.54) is 30.5 Å². The number of ketones is 1. The van der Waals surface area contributed by atoms with Crippen LogP contribution in [0.2, 0.25) is 0 Å². The summed E-state index contributed by atoms with van der Waals surface area (Å²) in [6.07, 6.45) is 4.13. The van der Waals surface area contributed by atoms with Crippen molar-refractivity contribution in [2.75, 3.05) is 0 Å². The average Bonchev–Trinajstić information content (AvgIpc) is 2.86. The summed E-state index contributed by atoms with van der Waals surface area (Å²) < 4.78 is 4.87. The van der Waals surface area contributed by atoms with E-state index in [-0.39, 0.29) is 17.4 Å². The van der Waals surface area contributed by atoms with Crippen molar-refractivity contribution >= 4 is 17.7 Å². The van der Waals surface area contributed by atoms with Crippen LogP contribution in [0.1, 0.15) is 16.2 Å². The monoisotopic (exact) mass is 244 g/mol. The minimum atomic E-state index is -0.641. The first-order valence-corrected chi connectivity index (χ1v) is 5.04. The summed E-state index contributed by atoms with van der Waals surface area (Å²) in [5, 5.41) is 10.4. The number of nitro groups is 1. The van der Waals surface area contributed by atoms with Gasteiger partial charge in [-0.15, -0.1) is 0 Å². The molecule has 2 rings (SSSR count). The molecule has 0 aliphatic rings. The molecule has 0 atom stereocenters. The van der Waals surface area contributed by atoms with Crippen molar-refractivity contribution < 1.29 is 14.1 Å². The zero-order valence-electron chi connectivity index (χ0n) is 9.15. The first kappa shape index (κ1) is 11.7. The van der Waals surface area contributed by atoms with Gasteiger partial charge in [0.15, 0.2) is 0 Å². The van der Waals surface area contributed by atoms with Gasteiger partial charge in [0.25, 0.3) is 0 Å². The molecule has 0 N–H and O–H groups in total. The van der Waals surface area contributed by atoms with Crippen LogP contribution in [0.15, 0.2) is 47.0 Å². The van der Waals surface area contributed by atoms with Crippen LogP contribution < -0.4 is 0 Å². The summed E-state index contributed by atoms with van der Waals surface area (Å²) in [5.74, 6) is -0.416. The van der Waals surface area contributed by atoms with Crippen LogP contribution in [0.5, 0.6) is 0 Å². The van der Waals surface area contributed by atoms with Gasteiger partial charge in [-0.05, 0) is 30.4 Å². The SMILES string of the molecule is O=C(/C=C/c1ccc([N+](=O)[O-])o1)c1ccccn1. The Morgan fingerprint density at radius 1 is 1.33 bits per heavy atom. The highest BCUT2D eigenvalue weighted by atomic mass is 16.6. The van der Waals surface area contributed by atoms with Gasteiger partial charge in [-0.1, -0.05) is 6.07 Å². The second kappa shape index (κ2) is 5.05. The molecular formula is C12H8N2O4. The van der Waals surface area contributed by atoms with Crippen molar-refractivity contribution in [1.82, 2.24) is 4.98 Å². The Morgan fingerprint density at radius 3 is 2.78 bits per heavy atom. The van der Waals surface area contributed by atoms with Gasteiger partial charge in [-0.2, -0.15) is 0 Å². The van der Waals surface area contributed by atoms with Crippen LogP contribution in [-0.2, 0) is 0 Å². The molecule has 0 radical (unpaired) electrons. The first-order chi connectivity index (χ1) is 8.66. The second-order valence-corrected chi connectivity index (χ2v) is 3.35. The minimum absolute atomic E-state index is 0.242. The fraction of sp³-hybridized carbons (Fsp3) is 0. The number of rotatable bonds is 4. The summed E-state index contributed by atoms with van der Waals surface area (Å²) in [5.41, 5.74) is 0.301. The van der Waals surface area contributed by atoms with E-state index in [4.69, 9.17) is 4.42 Å². The molecule has 0 saturated heterocycles. The third kappa shape index (κ3) is 2.67. The van der Waals surface area contributed by atoms with Crippen molar-refractivity contribution in [3.8, 4) is 0 Å². The molecule has 0 bridgehead atoms. The lowest BCUT2D eigenvalue weighted by molar-refractivity contribution is -0.402. The quantitative estimate of drug-likeness (QED) is 0.357. The van der Waals surface area contributed by atoms with Gasteiger partial charge in [0.05, 0.1) is 6.07 Å². The summed E-state index contributed by atoms with van der Waals surface area (Å²) in [6, 6.07) is 7.63. The number of pyridine rings is 1. The maximum absolute atomic E-state index is 11.6. The summed E-state index contributed by atoms with van der Waals surface area (Å²) in [6.45, 7) is 0. The predicted molar refractivity (Wildman–Crippen MR) is 63.0 cm³/mol. The maximum Gasteiger partial charge on any atom is 0.433 e. The molecule has 6 nitrogen and oxygen atoms in total. The number of aromatic nitrogens is 1. The molecule has 90 valence electrons. The summed E-state index contributed by atoms with van der Waals surface area (Å²) >= 11 is 0. The summed E-state index contributed by atoms with van der Waals surface area (Å²) in [4.78, 5) is 25.3. The van der Waals surface area contributed by atoms with Crippen molar-refractivity contribution in [2.24, 2.45) is 0 Å². The van der Waals surface area contributed by atoms with Crippen LogP contribution in [0.3, 0.4) is 0 Å². The lowest BCUT2D eigenvalue weighted by Gasteiger charge is -1.91. The van der Waals surface area contributed by atoms with Gasteiger partial charge in [-0.3, -0.25) is 19.9 Å². The Labute approximate surface area is 102 Å². The van der Waals surface area contributed by atoms with Crippen molar-refractivity contribution in [2.45, 2.75) is 0 Å². The molecule has 0 amide bonds. The Balaban J connectivity index is 2.11. The molecule has 0 unspecified atom stereocenters. The molecule has 2 aromatic heterocycles. The van der Waals surface area contributed by atoms with Crippen molar-refractivity contribution in [3.63, 3.8) is 0 Å². The zero-order valence-corrected chi connectivity index (χ0v) is 9.15. The Hall–Kier alpha value is -2.76. The second-order valence-electron chi connectivity index (χ2n) is 3.35. The van der Waals surface area contributed by atoms with Gasteiger partial charge in [0.1, 0.15) is 16.4 Å². The number of carbonyl (C=O) groups excluding carboxylic acids is 1. The molecule has 6 heteroatoms. The third-order valence-corrected chi connectivity index (χ3v) is 2.11. The highest BCUT2D eigenvalue weighted by molar-refractivity contribution is 6.05. The van der Waals surface area contributed by atoms with E-state index in [1.54, 1.807) is 18.2 Å². The van der Waals surface area contributed by atoms with E-state index in [0.29, 0.717) is 5.69 Å². The maximum atomic E-state index is 11.6. The number of carbonyl (C=O) groups is 1. The zero-order chi connectivity index (χ0) is 13.0. The Kier molecular flexibility index (Phi) is 3.29. The van der Waals surface area contributed by atoms with Gasteiger partial charge < -0.3 is 4.42 Å². The molecular weight excluding hydrogens is 236 g/mol. The normalized spacial score (nSPS) is 10.7. The smallest absolute Gasteiger partial charge is 0.401 e. The summed E-state index contributed by atoms with van der Waals surface area (Å²) in [7, 11) is 0. The van der Waals surface area contributed by atoms with Crippen molar-refractivity contribution in [3.05, 3.63) is 64.2 Å². The highest BCUT2D eigenvalue weighted by Crippen LogP contribution is 2.16.